The van der Waals surface area contributed by atoms with Crippen LogP contribution < -0.4 is 5.73 Å². The van der Waals surface area contributed by atoms with Crippen LogP contribution >= 0.6 is 11.6 Å². The molecule has 1 aliphatic heterocycles. The van der Waals surface area contributed by atoms with Crippen LogP contribution in [0.1, 0.15) is 46.1 Å². The van der Waals surface area contributed by atoms with Gasteiger partial charge in [-0.2, -0.15) is 0 Å². The second-order valence-corrected chi connectivity index (χ2v) is 7.19. The topological polar surface area (TPSA) is 84.9 Å². The van der Waals surface area contributed by atoms with E-state index in [1.54, 1.807) is 6.07 Å². The van der Waals surface area contributed by atoms with Crippen molar-refractivity contribution in [3.05, 3.63) is 34.9 Å². The number of ether oxygens (including phenoxy) is 1. The number of Topliss-reactive ketones (excluding diaryl/α,β-unsaturated/α-hetero) is 1. The fourth-order valence-electron chi connectivity index (χ4n) is 3.15. The molecular formula is C19H27ClN2O3. The fourth-order valence-corrected chi connectivity index (χ4v) is 3.44. The van der Waals surface area contributed by atoms with E-state index in [-0.39, 0.29) is 17.6 Å². The van der Waals surface area contributed by atoms with Gasteiger partial charge in [0, 0.05) is 10.6 Å². The summed E-state index contributed by atoms with van der Waals surface area (Å²) in [6.45, 7) is 7.52. The molecule has 6 heteroatoms. The van der Waals surface area contributed by atoms with Gasteiger partial charge in [0.2, 0.25) is 11.7 Å². The monoisotopic (exact) mass is 366 g/mol. The van der Waals surface area contributed by atoms with Gasteiger partial charge in [-0.1, -0.05) is 57.5 Å². The van der Waals surface area contributed by atoms with Gasteiger partial charge in [-0.15, -0.1) is 0 Å². The normalized spacial score (nSPS) is 26.2. The quantitative estimate of drug-likeness (QED) is 0.810. The van der Waals surface area contributed by atoms with Crippen molar-refractivity contribution in [2.45, 2.75) is 64.3 Å². The summed E-state index contributed by atoms with van der Waals surface area (Å²) in [5.41, 5.74) is 5.71. The molecule has 0 aliphatic carbocycles. The number of aliphatic hydroxyl groups is 1. The van der Waals surface area contributed by atoms with Crippen molar-refractivity contribution >= 4 is 23.3 Å². The highest BCUT2D eigenvalue weighted by Crippen LogP contribution is 2.40. The maximum atomic E-state index is 13.1. The van der Waals surface area contributed by atoms with E-state index in [0.29, 0.717) is 23.4 Å². The average molecular weight is 367 g/mol. The summed E-state index contributed by atoms with van der Waals surface area (Å²) in [7, 11) is 0. The molecule has 4 atom stereocenters. The summed E-state index contributed by atoms with van der Waals surface area (Å²) in [6.07, 6.45) is -0.544. The van der Waals surface area contributed by atoms with Crippen molar-refractivity contribution in [3.8, 4) is 0 Å². The third kappa shape index (κ3) is 3.59. The van der Waals surface area contributed by atoms with Crippen molar-refractivity contribution in [3.63, 3.8) is 0 Å². The second-order valence-electron chi connectivity index (χ2n) is 6.78. The van der Waals surface area contributed by atoms with Crippen LogP contribution in [0.25, 0.3) is 0 Å². The first-order valence-electron chi connectivity index (χ1n) is 8.77. The zero-order valence-corrected chi connectivity index (χ0v) is 16.0. The molecule has 0 saturated heterocycles. The maximum Gasteiger partial charge on any atom is 0.205 e. The number of carbonyl (C=O) groups excluding carboxylic acids is 1. The molecule has 0 bridgehead atoms. The number of aliphatic hydroxyl groups excluding tert-OH is 1. The van der Waals surface area contributed by atoms with Crippen molar-refractivity contribution in [2.75, 3.05) is 0 Å². The van der Waals surface area contributed by atoms with E-state index in [1.165, 1.54) is 0 Å². The van der Waals surface area contributed by atoms with E-state index < -0.39 is 23.8 Å². The Hall–Kier alpha value is -1.43. The predicted molar refractivity (Wildman–Crippen MR) is 99.8 cm³/mol. The van der Waals surface area contributed by atoms with Crippen LogP contribution in [0, 0.1) is 5.92 Å². The van der Waals surface area contributed by atoms with Crippen molar-refractivity contribution < 1.29 is 14.6 Å². The third-order valence-corrected chi connectivity index (χ3v) is 5.13. The van der Waals surface area contributed by atoms with Gasteiger partial charge in [0.25, 0.3) is 0 Å². The molecule has 0 amide bonds. The fraction of sp³-hybridized carbons (Fsp3) is 0.579. The van der Waals surface area contributed by atoms with Gasteiger partial charge in [-0.3, -0.25) is 4.79 Å². The first-order chi connectivity index (χ1) is 11.8. The summed E-state index contributed by atoms with van der Waals surface area (Å²) in [4.78, 5) is 17.8. The zero-order valence-electron chi connectivity index (χ0n) is 15.2. The molecule has 1 heterocycles. The molecule has 1 aromatic carbocycles. The number of carbonyl (C=O) groups is 1. The van der Waals surface area contributed by atoms with Crippen molar-refractivity contribution in [1.82, 2.24) is 0 Å². The lowest BCUT2D eigenvalue weighted by Crippen LogP contribution is -2.54. The second kappa shape index (κ2) is 7.85. The van der Waals surface area contributed by atoms with Gasteiger partial charge >= 0.3 is 0 Å². The molecule has 3 N–H and O–H groups in total. The standard InChI is InChI=1S/C19H27ClN2O3/c1-5-14-17(24)19(6-2,12-9-7-8-10-13(12)20)22-18(25-14)15(21)16(23)11(3)4/h7-11,14-16,23H,5-6,21H2,1-4H3. The molecule has 0 radical (unpaired) electrons. The highest BCUT2D eigenvalue weighted by molar-refractivity contribution is 6.32. The third-order valence-electron chi connectivity index (χ3n) is 4.80. The molecule has 5 nitrogen and oxygen atoms in total. The van der Waals surface area contributed by atoms with Gasteiger partial charge in [0.15, 0.2) is 11.6 Å². The lowest BCUT2D eigenvalue weighted by Gasteiger charge is -2.39. The predicted octanol–water partition coefficient (Wildman–Crippen LogP) is 3.07. The van der Waals surface area contributed by atoms with Gasteiger partial charge in [-0.05, 0) is 24.8 Å². The first-order valence-corrected chi connectivity index (χ1v) is 9.15. The lowest BCUT2D eigenvalue weighted by atomic mass is 9.79. The molecule has 0 saturated carbocycles. The Morgan fingerprint density at radius 1 is 1.36 bits per heavy atom. The minimum atomic E-state index is -1.14. The lowest BCUT2D eigenvalue weighted by molar-refractivity contribution is -0.134. The van der Waals surface area contributed by atoms with Crippen LogP contribution in [-0.4, -0.2) is 35.0 Å². The van der Waals surface area contributed by atoms with Crippen LogP contribution in [0.2, 0.25) is 5.02 Å². The number of hydrogen-bond donors (Lipinski definition) is 2. The number of hydrogen-bond acceptors (Lipinski definition) is 5. The number of nitrogens with zero attached hydrogens (tertiary/aromatic N) is 1. The number of rotatable bonds is 6. The first kappa shape index (κ1) is 19.9. The number of aliphatic imine (C=N–C) groups is 1. The van der Waals surface area contributed by atoms with Crippen LogP contribution in [0.5, 0.6) is 0 Å². The van der Waals surface area contributed by atoms with Crippen molar-refractivity contribution in [2.24, 2.45) is 16.6 Å². The largest absolute Gasteiger partial charge is 0.468 e. The summed E-state index contributed by atoms with van der Waals surface area (Å²) < 4.78 is 5.77. The van der Waals surface area contributed by atoms with Crippen LogP contribution in [0.15, 0.2) is 29.3 Å². The molecule has 4 unspecified atom stereocenters. The highest BCUT2D eigenvalue weighted by Gasteiger charge is 2.48. The average Bonchev–Trinajstić information content (AvgIpc) is 2.61. The van der Waals surface area contributed by atoms with Gasteiger partial charge in [0.05, 0.1) is 6.10 Å². The van der Waals surface area contributed by atoms with E-state index in [1.807, 2.05) is 45.9 Å². The van der Waals surface area contributed by atoms with Crippen LogP contribution in [-0.2, 0) is 15.1 Å². The molecule has 0 spiro atoms. The molecular weight excluding hydrogens is 340 g/mol. The Balaban J connectivity index is 2.61. The number of benzene rings is 1. The minimum absolute atomic E-state index is 0.0599. The Morgan fingerprint density at radius 2 is 2.00 bits per heavy atom. The molecule has 2 rings (SSSR count). The highest BCUT2D eigenvalue weighted by atomic mass is 35.5. The Bertz CT molecular complexity index is 662. The van der Waals surface area contributed by atoms with Crippen molar-refractivity contribution in [1.29, 1.82) is 0 Å². The molecule has 25 heavy (non-hydrogen) atoms. The smallest absolute Gasteiger partial charge is 0.205 e. The Labute approximate surface area is 154 Å². The summed E-state index contributed by atoms with van der Waals surface area (Å²) in [6, 6.07) is 6.41. The molecule has 0 fully saturated rings. The number of nitrogens with two attached hydrogens (primary N) is 1. The Morgan fingerprint density at radius 3 is 2.52 bits per heavy atom. The zero-order chi connectivity index (χ0) is 18.8. The summed E-state index contributed by atoms with van der Waals surface area (Å²) in [5.74, 6) is 0.0327. The van der Waals surface area contributed by atoms with Crippen LogP contribution in [0.3, 0.4) is 0 Å². The summed E-state index contributed by atoms with van der Waals surface area (Å²) >= 11 is 6.38. The molecule has 138 valence electrons. The van der Waals surface area contributed by atoms with Gasteiger partial charge < -0.3 is 15.6 Å². The molecule has 1 aromatic rings. The molecule has 1 aliphatic rings. The van der Waals surface area contributed by atoms with E-state index >= 15 is 0 Å². The summed E-state index contributed by atoms with van der Waals surface area (Å²) in [5, 5.41) is 10.8. The minimum Gasteiger partial charge on any atom is -0.468 e. The maximum absolute atomic E-state index is 13.1. The van der Waals surface area contributed by atoms with Gasteiger partial charge in [0.1, 0.15) is 6.04 Å². The van der Waals surface area contributed by atoms with E-state index in [9.17, 15) is 9.90 Å². The van der Waals surface area contributed by atoms with Gasteiger partial charge in [-0.25, -0.2) is 4.99 Å². The number of ketones is 1. The Kier molecular flexibility index (Phi) is 6.25. The SMILES string of the molecule is CCC1OC(C(N)C(O)C(C)C)=NC(CC)(c2ccccc2Cl)C1=O. The van der Waals surface area contributed by atoms with E-state index in [0.717, 1.165) is 0 Å². The number of halogens is 1. The van der Waals surface area contributed by atoms with Crippen LogP contribution in [0.4, 0.5) is 0 Å². The van der Waals surface area contributed by atoms with E-state index in [4.69, 9.17) is 22.1 Å². The van der Waals surface area contributed by atoms with E-state index in [2.05, 4.69) is 4.99 Å². The molecule has 0 aromatic heterocycles.